The number of benzene rings is 2. The Balaban J connectivity index is 2.10. The van der Waals surface area contributed by atoms with Crippen molar-refractivity contribution in [2.45, 2.75) is 47.6 Å². The lowest BCUT2D eigenvalue weighted by Gasteiger charge is -2.46. The molecule has 0 bridgehead atoms. The highest BCUT2D eigenvalue weighted by Crippen LogP contribution is 2.45. The molecule has 4 rings (SSSR count). The van der Waals surface area contributed by atoms with Crippen molar-refractivity contribution in [3.63, 3.8) is 0 Å². The third-order valence-electron chi connectivity index (χ3n) is 5.64. The van der Waals surface area contributed by atoms with Crippen LogP contribution in [0.4, 0.5) is 5.69 Å². The molecule has 0 radical (unpaired) electrons. The van der Waals surface area contributed by atoms with Gasteiger partial charge in [0.25, 0.3) is 20.2 Å². The number of nitrogens with zero attached hydrogens (tertiary/aromatic N) is 3. The first-order valence-electron chi connectivity index (χ1n) is 9.57. The van der Waals surface area contributed by atoms with Crippen LogP contribution in [0.25, 0.3) is 10.8 Å². The quantitative estimate of drug-likeness (QED) is 0.393. The summed E-state index contributed by atoms with van der Waals surface area (Å²) in [5.74, 6) is -0.714. The molecule has 1 spiro atoms. The molecule has 7 N–H and O–H groups in total. The van der Waals surface area contributed by atoms with Crippen LogP contribution in [0, 0.1) is 0 Å². The fourth-order valence-corrected chi connectivity index (χ4v) is 5.43. The van der Waals surface area contributed by atoms with Crippen LogP contribution in [-0.2, 0) is 20.2 Å². The second-order valence-corrected chi connectivity index (χ2v) is 10.6. The van der Waals surface area contributed by atoms with Crippen LogP contribution in [0.1, 0.15) is 32.1 Å². The van der Waals surface area contributed by atoms with E-state index in [9.17, 15) is 31.0 Å². The van der Waals surface area contributed by atoms with Crippen LogP contribution in [-0.4, -0.2) is 48.6 Å². The Hall–Kier alpha value is -2.94. The molecular weight excluding hydrogens is 462 g/mol. The van der Waals surface area contributed by atoms with Gasteiger partial charge >= 0.3 is 0 Å². The number of fused-ring (bicyclic) bond motifs is 1. The molecule has 1 saturated carbocycles. The largest absolute Gasteiger partial charge is 0.507 e. The van der Waals surface area contributed by atoms with E-state index in [1.165, 1.54) is 4.90 Å². The van der Waals surface area contributed by atoms with E-state index >= 15 is 0 Å². The Morgan fingerprint density at radius 1 is 0.906 bits per heavy atom. The van der Waals surface area contributed by atoms with E-state index in [2.05, 4.69) is 9.98 Å². The lowest BCUT2D eigenvalue weighted by atomic mass is 9.87. The molecule has 2 aliphatic rings. The highest BCUT2D eigenvalue weighted by Gasteiger charge is 2.43. The Morgan fingerprint density at radius 2 is 1.47 bits per heavy atom. The van der Waals surface area contributed by atoms with Gasteiger partial charge in [-0.1, -0.05) is 6.42 Å². The Bertz CT molecular complexity index is 1390. The van der Waals surface area contributed by atoms with Gasteiger partial charge in [-0.3, -0.25) is 14.0 Å². The number of hydrogen-bond acceptors (Lipinski definition) is 10. The van der Waals surface area contributed by atoms with Crippen molar-refractivity contribution in [2.24, 2.45) is 21.5 Å². The van der Waals surface area contributed by atoms with Crippen molar-refractivity contribution in [3.8, 4) is 5.75 Å². The number of anilines is 1. The van der Waals surface area contributed by atoms with Crippen molar-refractivity contribution >= 4 is 48.6 Å². The van der Waals surface area contributed by atoms with Crippen molar-refractivity contribution in [2.75, 3.05) is 4.90 Å². The Kier molecular flexibility index (Phi) is 5.08. The number of rotatable bonds is 3. The average molecular weight is 484 g/mol. The Labute approximate surface area is 183 Å². The van der Waals surface area contributed by atoms with E-state index in [1.807, 2.05) is 0 Å². The van der Waals surface area contributed by atoms with E-state index in [4.69, 9.17) is 11.5 Å². The smallest absolute Gasteiger partial charge is 0.294 e. The predicted molar refractivity (Wildman–Crippen MR) is 117 cm³/mol. The molecule has 1 aliphatic carbocycles. The first kappa shape index (κ1) is 22.3. The summed E-state index contributed by atoms with van der Waals surface area (Å²) in [5.41, 5.74) is 11.1. The molecule has 172 valence electrons. The second-order valence-electron chi connectivity index (χ2n) is 7.75. The summed E-state index contributed by atoms with van der Waals surface area (Å²) in [6.07, 6.45) is 3.50. The monoisotopic (exact) mass is 483 g/mol. The van der Waals surface area contributed by atoms with Crippen LogP contribution in [0.3, 0.4) is 0 Å². The fourth-order valence-electron chi connectivity index (χ4n) is 4.36. The lowest BCUT2D eigenvalue weighted by Crippen LogP contribution is -2.58. The number of aromatic hydroxyl groups is 1. The van der Waals surface area contributed by atoms with Crippen LogP contribution < -0.4 is 16.4 Å². The average Bonchev–Trinajstić information content (AvgIpc) is 2.65. The van der Waals surface area contributed by atoms with Gasteiger partial charge in [-0.05, 0) is 49.3 Å². The topological polar surface area (TPSA) is 209 Å². The van der Waals surface area contributed by atoms with E-state index in [0.717, 1.165) is 43.5 Å². The second kappa shape index (κ2) is 7.30. The summed E-state index contributed by atoms with van der Waals surface area (Å²) in [5, 5.41) is 10.6. The van der Waals surface area contributed by atoms with Gasteiger partial charge < -0.3 is 16.6 Å². The first-order chi connectivity index (χ1) is 14.8. The molecule has 0 aromatic heterocycles. The zero-order valence-corrected chi connectivity index (χ0v) is 18.3. The van der Waals surface area contributed by atoms with Crippen LogP contribution in [0.15, 0.2) is 44.0 Å². The van der Waals surface area contributed by atoms with Crippen LogP contribution >= 0.6 is 0 Å². The summed E-state index contributed by atoms with van der Waals surface area (Å²) in [4.78, 5) is 8.70. The van der Waals surface area contributed by atoms with Crippen molar-refractivity contribution in [3.05, 3.63) is 24.3 Å². The fraction of sp³-hybridized carbons (Fsp3) is 0.333. The summed E-state index contributed by atoms with van der Waals surface area (Å²) in [6.45, 7) is 0. The van der Waals surface area contributed by atoms with Gasteiger partial charge in [0.2, 0.25) is 11.9 Å². The van der Waals surface area contributed by atoms with Crippen molar-refractivity contribution in [1.82, 2.24) is 0 Å². The number of guanidine groups is 2. The molecule has 0 amide bonds. The van der Waals surface area contributed by atoms with Crippen molar-refractivity contribution in [1.29, 1.82) is 0 Å². The predicted octanol–water partition coefficient (Wildman–Crippen LogP) is 1.15. The summed E-state index contributed by atoms with van der Waals surface area (Å²) in [7, 11) is -9.47. The van der Waals surface area contributed by atoms with Gasteiger partial charge in [-0.2, -0.15) is 21.8 Å². The summed E-state index contributed by atoms with van der Waals surface area (Å²) in [6, 6.07) is 3.88. The maximum atomic E-state index is 12.0. The zero-order valence-electron chi connectivity index (χ0n) is 16.6. The molecule has 2 aromatic carbocycles. The molecule has 0 atom stereocenters. The van der Waals surface area contributed by atoms with Gasteiger partial charge in [-0.25, -0.2) is 4.99 Å². The molecule has 1 fully saturated rings. The van der Waals surface area contributed by atoms with E-state index in [-0.39, 0.29) is 28.4 Å². The minimum absolute atomic E-state index is 0.0311. The molecule has 32 heavy (non-hydrogen) atoms. The SMILES string of the molecule is NC1=NC2(CCCCC2)N(c2cc(S(=O)(=O)O)cc3cc(S(=O)(=O)O)cc(O)c23)C(N)=N1. The maximum absolute atomic E-state index is 12.0. The van der Waals surface area contributed by atoms with Gasteiger partial charge in [0, 0.05) is 11.5 Å². The summed E-state index contributed by atoms with van der Waals surface area (Å²) >= 11 is 0. The molecule has 1 aliphatic heterocycles. The zero-order chi connectivity index (χ0) is 23.5. The summed E-state index contributed by atoms with van der Waals surface area (Å²) < 4.78 is 66.3. The highest BCUT2D eigenvalue weighted by molar-refractivity contribution is 7.86. The van der Waals surface area contributed by atoms with Crippen molar-refractivity contribution < 1.29 is 31.0 Å². The number of phenolic OH excluding ortho intramolecular Hbond substituents is 1. The minimum Gasteiger partial charge on any atom is -0.507 e. The molecule has 2 aromatic rings. The molecular formula is C18H21N5O7S2. The lowest BCUT2D eigenvalue weighted by molar-refractivity contribution is 0.306. The van der Waals surface area contributed by atoms with E-state index in [0.29, 0.717) is 12.8 Å². The van der Waals surface area contributed by atoms with E-state index < -0.39 is 41.4 Å². The number of nitrogens with two attached hydrogens (primary N) is 2. The maximum Gasteiger partial charge on any atom is 0.294 e. The number of aliphatic imine (C=N–C) groups is 2. The molecule has 1 heterocycles. The van der Waals surface area contributed by atoms with Gasteiger partial charge in [0.05, 0.1) is 15.5 Å². The molecule has 0 unspecified atom stereocenters. The van der Waals surface area contributed by atoms with Gasteiger partial charge in [0.1, 0.15) is 11.4 Å². The Morgan fingerprint density at radius 3 is 2.03 bits per heavy atom. The molecule has 12 nitrogen and oxygen atoms in total. The van der Waals surface area contributed by atoms with Crippen LogP contribution in [0.2, 0.25) is 0 Å². The molecule has 0 saturated heterocycles. The van der Waals surface area contributed by atoms with E-state index in [1.54, 1.807) is 0 Å². The van der Waals surface area contributed by atoms with Crippen LogP contribution in [0.5, 0.6) is 5.75 Å². The number of phenols is 1. The van der Waals surface area contributed by atoms with Gasteiger partial charge in [-0.15, -0.1) is 0 Å². The highest BCUT2D eigenvalue weighted by atomic mass is 32.2. The third-order valence-corrected chi connectivity index (χ3v) is 7.31. The standard InChI is InChI=1S/C18H21N5O7S2/c19-16-21-17(20)23(18(22-16)4-2-1-3-5-18)13-8-11(31(25,26)27)6-10-7-12(32(28,29)30)9-14(24)15(10)13/h6-9,24H,1-5H2,(H,25,26,27)(H,28,29,30)(H4,19,20,21,22). The first-order valence-corrected chi connectivity index (χ1v) is 12.5. The molecule has 14 heteroatoms. The third kappa shape index (κ3) is 3.74. The normalized spacial score (nSPS) is 19.1. The number of hydrogen-bond donors (Lipinski definition) is 5. The minimum atomic E-state index is -4.75. The van der Waals surface area contributed by atoms with Gasteiger partial charge in [0.15, 0.2) is 0 Å².